The summed E-state index contributed by atoms with van der Waals surface area (Å²) in [4.78, 5) is 11.1. The molecule has 2 N–H and O–H groups in total. The number of hydrogen-bond donors (Lipinski definition) is 2. The van der Waals surface area contributed by atoms with Gasteiger partial charge in [-0.15, -0.1) is 0 Å². The highest BCUT2D eigenvalue weighted by Gasteiger charge is 2.02. The van der Waals surface area contributed by atoms with Gasteiger partial charge in [-0.05, 0) is 19.8 Å². The lowest BCUT2D eigenvalue weighted by molar-refractivity contribution is -0.142. The van der Waals surface area contributed by atoms with Gasteiger partial charge in [0.15, 0.2) is 0 Å². The van der Waals surface area contributed by atoms with Gasteiger partial charge in [0.2, 0.25) is 0 Å². The molecule has 0 aliphatic heterocycles. The summed E-state index contributed by atoms with van der Waals surface area (Å²) in [6, 6.07) is 0. The summed E-state index contributed by atoms with van der Waals surface area (Å²) in [6.45, 7) is 2.40. The lowest BCUT2D eigenvalue weighted by Gasteiger charge is -2.04. The Balaban J connectivity index is 3.11. The average molecular weight is 257 g/mol. The number of hydrogen-bond acceptors (Lipinski definition) is 4. The minimum atomic E-state index is -0.286. The first kappa shape index (κ1) is 17.1. The van der Waals surface area contributed by atoms with Crippen LogP contribution in [0.1, 0.15) is 64.7 Å². The third-order valence-electron chi connectivity index (χ3n) is 2.73. The van der Waals surface area contributed by atoms with Crippen LogP contribution in [-0.4, -0.2) is 30.0 Å². The van der Waals surface area contributed by atoms with E-state index in [9.17, 15) is 4.79 Å². The zero-order valence-corrected chi connectivity index (χ0v) is 11.5. The fourth-order valence-electron chi connectivity index (χ4n) is 1.73. The molecule has 0 aliphatic rings. The zero-order valence-electron chi connectivity index (χ0n) is 11.5. The molecule has 106 valence electrons. The van der Waals surface area contributed by atoms with Crippen LogP contribution in [0.2, 0.25) is 0 Å². The van der Waals surface area contributed by atoms with Gasteiger partial charge in [-0.25, -0.2) is 0 Å². The monoisotopic (exact) mass is 257 g/mol. The van der Waals surface area contributed by atoms with E-state index in [1.165, 1.54) is 25.7 Å². The van der Waals surface area contributed by atoms with E-state index < -0.39 is 0 Å². The number of aliphatic hydroxyl groups is 1. The molecule has 18 heavy (non-hydrogen) atoms. The Hall–Kier alpha value is -0.900. The van der Waals surface area contributed by atoms with E-state index in [4.69, 9.17) is 15.3 Å². The van der Waals surface area contributed by atoms with Crippen molar-refractivity contribution < 1.29 is 14.6 Å². The van der Waals surface area contributed by atoms with Crippen LogP contribution >= 0.6 is 0 Å². The Morgan fingerprint density at radius 2 is 1.50 bits per heavy atom. The standard InChI is InChI=1S/C14H27NO3/c1-13(15)12-14(17)18-11-9-7-5-3-2-4-6-8-10-16/h15-16H,2-12H2,1H3. The van der Waals surface area contributed by atoms with Gasteiger partial charge in [0.05, 0.1) is 13.0 Å². The van der Waals surface area contributed by atoms with Crippen molar-refractivity contribution in [1.29, 1.82) is 5.41 Å². The van der Waals surface area contributed by atoms with Crippen molar-refractivity contribution in [1.82, 2.24) is 0 Å². The van der Waals surface area contributed by atoms with Crippen molar-refractivity contribution in [3.05, 3.63) is 0 Å². The van der Waals surface area contributed by atoms with E-state index in [0.717, 1.165) is 25.7 Å². The van der Waals surface area contributed by atoms with E-state index >= 15 is 0 Å². The molecule has 0 aromatic heterocycles. The highest BCUT2D eigenvalue weighted by atomic mass is 16.5. The maximum absolute atomic E-state index is 11.1. The molecule has 0 saturated carbocycles. The van der Waals surface area contributed by atoms with Crippen molar-refractivity contribution in [3.63, 3.8) is 0 Å². The molecule has 0 spiro atoms. The number of unbranched alkanes of at least 4 members (excludes halogenated alkanes) is 7. The lowest BCUT2D eigenvalue weighted by Crippen LogP contribution is -2.09. The van der Waals surface area contributed by atoms with Crippen molar-refractivity contribution in [2.24, 2.45) is 0 Å². The first-order chi connectivity index (χ1) is 8.66. The van der Waals surface area contributed by atoms with E-state index in [1.54, 1.807) is 6.92 Å². The summed E-state index contributed by atoms with van der Waals surface area (Å²) in [5, 5.41) is 15.8. The molecule has 0 aromatic rings. The molecule has 4 nitrogen and oxygen atoms in total. The molecule has 0 aliphatic carbocycles. The summed E-state index contributed by atoms with van der Waals surface area (Å²) in [5.41, 5.74) is 0.350. The number of nitrogens with one attached hydrogen (secondary N) is 1. The molecular weight excluding hydrogens is 230 g/mol. The van der Waals surface area contributed by atoms with E-state index in [0.29, 0.717) is 18.9 Å². The third kappa shape index (κ3) is 13.2. The Bertz CT molecular complexity index is 229. The number of carbonyl (C=O) groups excluding carboxylic acids is 1. The zero-order chi connectivity index (χ0) is 13.6. The van der Waals surface area contributed by atoms with E-state index in [-0.39, 0.29) is 12.4 Å². The highest BCUT2D eigenvalue weighted by Crippen LogP contribution is 2.08. The maximum atomic E-state index is 11.1. The van der Waals surface area contributed by atoms with Crippen LogP contribution in [0.25, 0.3) is 0 Å². The molecule has 0 fully saturated rings. The SMILES string of the molecule is CC(=N)CC(=O)OCCCCCCCCCCO. The molecular formula is C14H27NO3. The molecule has 0 radical (unpaired) electrons. The van der Waals surface area contributed by atoms with E-state index in [1.807, 2.05) is 0 Å². The first-order valence-corrected chi connectivity index (χ1v) is 6.97. The van der Waals surface area contributed by atoms with Crippen molar-refractivity contribution in [2.45, 2.75) is 64.7 Å². The van der Waals surface area contributed by atoms with Crippen LogP contribution in [-0.2, 0) is 9.53 Å². The fourth-order valence-corrected chi connectivity index (χ4v) is 1.73. The summed E-state index contributed by atoms with van der Waals surface area (Å²) in [5.74, 6) is -0.286. The van der Waals surface area contributed by atoms with Gasteiger partial charge in [0, 0.05) is 12.3 Å². The van der Waals surface area contributed by atoms with Gasteiger partial charge in [-0.3, -0.25) is 4.79 Å². The lowest BCUT2D eigenvalue weighted by atomic mass is 10.1. The van der Waals surface area contributed by atoms with Crippen molar-refractivity contribution in [3.8, 4) is 0 Å². The Labute approximate surface area is 110 Å². The quantitative estimate of drug-likeness (QED) is 0.321. The highest BCUT2D eigenvalue weighted by molar-refractivity contribution is 5.95. The first-order valence-electron chi connectivity index (χ1n) is 6.97. The normalized spacial score (nSPS) is 10.3. The molecule has 0 heterocycles. The number of ether oxygens (including phenoxy) is 1. The van der Waals surface area contributed by atoms with Crippen LogP contribution in [0.5, 0.6) is 0 Å². The van der Waals surface area contributed by atoms with Gasteiger partial charge >= 0.3 is 5.97 Å². The van der Waals surface area contributed by atoms with Crippen molar-refractivity contribution in [2.75, 3.05) is 13.2 Å². The summed E-state index contributed by atoms with van der Waals surface area (Å²) in [6.07, 6.45) is 9.00. The van der Waals surface area contributed by atoms with Crippen LogP contribution in [0.15, 0.2) is 0 Å². The van der Waals surface area contributed by atoms with Crippen LogP contribution in [0, 0.1) is 5.41 Å². The number of aliphatic hydroxyl groups excluding tert-OH is 1. The maximum Gasteiger partial charge on any atom is 0.311 e. The number of esters is 1. The third-order valence-corrected chi connectivity index (χ3v) is 2.73. The van der Waals surface area contributed by atoms with Crippen LogP contribution in [0.4, 0.5) is 0 Å². The van der Waals surface area contributed by atoms with Gasteiger partial charge < -0.3 is 15.3 Å². The Morgan fingerprint density at radius 3 is 2.00 bits per heavy atom. The van der Waals surface area contributed by atoms with Crippen LogP contribution < -0.4 is 0 Å². The minimum absolute atomic E-state index is 0.116. The molecule has 0 amide bonds. The number of rotatable bonds is 12. The molecule has 0 unspecified atom stereocenters. The smallest absolute Gasteiger partial charge is 0.311 e. The number of carbonyl (C=O) groups is 1. The predicted octanol–water partition coefficient (Wildman–Crippen LogP) is 3.07. The molecule has 0 atom stereocenters. The Morgan fingerprint density at radius 1 is 1.00 bits per heavy atom. The van der Waals surface area contributed by atoms with Gasteiger partial charge in [-0.2, -0.15) is 0 Å². The molecule has 4 heteroatoms. The molecule has 0 saturated heterocycles. The van der Waals surface area contributed by atoms with Crippen LogP contribution in [0.3, 0.4) is 0 Å². The minimum Gasteiger partial charge on any atom is -0.465 e. The van der Waals surface area contributed by atoms with Crippen molar-refractivity contribution >= 4 is 11.7 Å². The predicted molar refractivity (Wildman–Crippen MR) is 73.0 cm³/mol. The summed E-state index contributed by atoms with van der Waals surface area (Å²) < 4.78 is 5.00. The molecule has 0 rings (SSSR count). The largest absolute Gasteiger partial charge is 0.465 e. The van der Waals surface area contributed by atoms with E-state index in [2.05, 4.69) is 0 Å². The second-order valence-corrected chi connectivity index (χ2v) is 4.73. The summed E-state index contributed by atoms with van der Waals surface area (Å²) in [7, 11) is 0. The fraction of sp³-hybridized carbons (Fsp3) is 0.857. The topological polar surface area (TPSA) is 70.4 Å². The Kier molecular flexibility index (Phi) is 11.9. The second-order valence-electron chi connectivity index (χ2n) is 4.73. The second kappa shape index (κ2) is 12.6. The average Bonchev–Trinajstić information content (AvgIpc) is 2.30. The van der Waals surface area contributed by atoms with Gasteiger partial charge in [0.25, 0.3) is 0 Å². The molecule has 0 bridgehead atoms. The van der Waals surface area contributed by atoms with Gasteiger partial charge in [0.1, 0.15) is 0 Å². The van der Waals surface area contributed by atoms with Gasteiger partial charge in [-0.1, -0.05) is 38.5 Å². The molecule has 0 aromatic carbocycles. The summed E-state index contributed by atoms with van der Waals surface area (Å²) >= 11 is 0.